The highest BCUT2D eigenvalue weighted by Crippen LogP contribution is 2.29. The Morgan fingerprint density at radius 3 is 2.94 bits per heavy atom. The molecule has 0 saturated carbocycles. The summed E-state index contributed by atoms with van der Waals surface area (Å²) in [4.78, 5) is 4.28. The Morgan fingerprint density at radius 2 is 2.28 bits per heavy atom. The Kier molecular flexibility index (Phi) is 2.88. The lowest BCUT2D eigenvalue weighted by atomic mass is 10.4. The molecule has 3 rings (SSSR count). The van der Waals surface area contributed by atoms with Gasteiger partial charge in [0.25, 0.3) is 0 Å². The average molecular weight is 279 g/mol. The lowest BCUT2D eigenvalue weighted by molar-refractivity contribution is 0.572. The molecule has 92 valence electrons. The normalized spacial score (nSPS) is 11.0. The first-order valence-corrected chi connectivity index (χ1v) is 6.74. The topological polar surface area (TPSA) is 69.6 Å². The van der Waals surface area contributed by atoms with Gasteiger partial charge in [-0.2, -0.15) is 4.37 Å². The van der Waals surface area contributed by atoms with Crippen LogP contribution in [0.1, 0.15) is 5.82 Å². The molecule has 3 aromatic heterocycles. The van der Waals surface area contributed by atoms with Crippen LogP contribution in [0.25, 0.3) is 11.6 Å². The fourth-order valence-electron chi connectivity index (χ4n) is 1.42. The van der Waals surface area contributed by atoms with Crippen LogP contribution in [0.3, 0.4) is 0 Å². The zero-order valence-electron chi connectivity index (χ0n) is 9.69. The van der Waals surface area contributed by atoms with Gasteiger partial charge in [-0.1, -0.05) is 0 Å². The van der Waals surface area contributed by atoms with Gasteiger partial charge in [0.05, 0.1) is 6.26 Å². The Bertz CT molecular complexity index is 658. The lowest BCUT2D eigenvalue weighted by Gasteiger charge is -1.98. The third kappa shape index (κ3) is 2.04. The summed E-state index contributed by atoms with van der Waals surface area (Å²) < 4.78 is 12.2. The molecular weight excluding hydrogens is 270 g/mol. The second-order valence-electron chi connectivity index (χ2n) is 3.55. The second kappa shape index (κ2) is 4.54. The molecule has 0 aliphatic heterocycles. The van der Waals surface area contributed by atoms with E-state index in [4.69, 9.17) is 4.42 Å². The number of furan rings is 1. The van der Waals surface area contributed by atoms with E-state index in [-0.39, 0.29) is 0 Å². The van der Waals surface area contributed by atoms with Gasteiger partial charge in [0.1, 0.15) is 5.82 Å². The predicted molar refractivity (Wildman–Crippen MR) is 67.5 cm³/mol. The van der Waals surface area contributed by atoms with Gasteiger partial charge in [-0.25, -0.2) is 4.98 Å². The van der Waals surface area contributed by atoms with Gasteiger partial charge < -0.3 is 8.98 Å². The maximum Gasteiger partial charge on any atom is 0.200 e. The Balaban J connectivity index is 1.90. The highest BCUT2D eigenvalue weighted by molar-refractivity contribution is 8.00. The van der Waals surface area contributed by atoms with Crippen LogP contribution in [0.4, 0.5) is 0 Å². The van der Waals surface area contributed by atoms with Gasteiger partial charge in [-0.3, -0.25) is 0 Å². The minimum atomic E-state index is 0.698. The van der Waals surface area contributed by atoms with Gasteiger partial charge in [0.2, 0.25) is 0 Å². The fourth-order valence-corrected chi connectivity index (χ4v) is 2.97. The van der Waals surface area contributed by atoms with Crippen LogP contribution < -0.4 is 0 Å². The zero-order chi connectivity index (χ0) is 12.5. The van der Waals surface area contributed by atoms with E-state index in [1.165, 1.54) is 23.3 Å². The SMILES string of the molecule is Cc1nsc(Sc2nnc(-c3ccco3)n2C)n1. The summed E-state index contributed by atoms with van der Waals surface area (Å²) in [6.07, 6.45) is 1.62. The first kappa shape index (κ1) is 11.4. The van der Waals surface area contributed by atoms with Crippen molar-refractivity contribution in [3.8, 4) is 11.6 Å². The third-order valence-corrected chi connectivity index (χ3v) is 4.14. The van der Waals surface area contributed by atoms with E-state index in [9.17, 15) is 0 Å². The molecule has 0 aliphatic carbocycles. The molecule has 0 aromatic carbocycles. The molecule has 0 atom stereocenters. The van der Waals surface area contributed by atoms with Crippen molar-refractivity contribution in [2.45, 2.75) is 16.4 Å². The second-order valence-corrected chi connectivity index (χ2v) is 5.52. The molecule has 18 heavy (non-hydrogen) atoms. The van der Waals surface area contributed by atoms with Crippen molar-refractivity contribution in [2.24, 2.45) is 7.05 Å². The van der Waals surface area contributed by atoms with Crippen molar-refractivity contribution in [1.82, 2.24) is 24.1 Å². The number of aromatic nitrogens is 5. The zero-order valence-corrected chi connectivity index (χ0v) is 11.3. The van der Waals surface area contributed by atoms with Crippen LogP contribution in [0.5, 0.6) is 0 Å². The van der Waals surface area contributed by atoms with Crippen LogP contribution >= 0.6 is 23.3 Å². The summed E-state index contributed by atoms with van der Waals surface area (Å²) in [5.41, 5.74) is 0. The Hall–Kier alpha value is -1.67. The van der Waals surface area contributed by atoms with Crippen molar-refractivity contribution < 1.29 is 4.42 Å². The summed E-state index contributed by atoms with van der Waals surface area (Å²) in [7, 11) is 1.90. The standard InChI is InChI=1S/C10H9N5OS2/c1-6-11-10(18-14-6)17-9-13-12-8(15(9)2)7-4-3-5-16-7/h3-5H,1-2H3. The largest absolute Gasteiger partial charge is 0.461 e. The third-order valence-electron chi connectivity index (χ3n) is 2.26. The molecule has 0 bridgehead atoms. The first-order valence-electron chi connectivity index (χ1n) is 5.15. The van der Waals surface area contributed by atoms with Gasteiger partial charge in [-0.05, 0) is 42.4 Å². The van der Waals surface area contributed by atoms with Crippen LogP contribution in [-0.2, 0) is 7.05 Å². The lowest BCUT2D eigenvalue weighted by Crippen LogP contribution is -1.93. The van der Waals surface area contributed by atoms with Crippen molar-refractivity contribution in [3.05, 3.63) is 24.2 Å². The molecule has 3 heterocycles. The molecule has 0 N–H and O–H groups in total. The van der Waals surface area contributed by atoms with E-state index in [2.05, 4.69) is 19.6 Å². The van der Waals surface area contributed by atoms with Crippen molar-refractivity contribution in [2.75, 3.05) is 0 Å². The number of aryl methyl sites for hydroxylation is 1. The Morgan fingerprint density at radius 1 is 1.39 bits per heavy atom. The van der Waals surface area contributed by atoms with E-state index in [1.54, 1.807) is 6.26 Å². The molecule has 0 aliphatic rings. The summed E-state index contributed by atoms with van der Waals surface area (Å²) in [5.74, 6) is 2.17. The summed E-state index contributed by atoms with van der Waals surface area (Å²) in [6.45, 7) is 1.87. The van der Waals surface area contributed by atoms with Crippen molar-refractivity contribution >= 4 is 23.3 Å². The molecule has 0 unspecified atom stereocenters. The average Bonchev–Trinajstić information content (AvgIpc) is 3.04. The quantitative estimate of drug-likeness (QED) is 0.733. The van der Waals surface area contributed by atoms with Gasteiger partial charge >= 0.3 is 0 Å². The number of hydrogen-bond acceptors (Lipinski definition) is 7. The molecule has 0 spiro atoms. The maximum absolute atomic E-state index is 5.31. The van der Waals surface area contributed by atoms with Gasteiger partial charge in [0, 0.05) is 7.05 Å². The van der Waals surface area contributed by atoms with E-state index >= 15 is 0 Å². The summed E-state index contributed by atoms with van der Waals surface area (Å²) >= 11 is 2.80. The minimum Gasteiger partial charge on any atom is -0.461 e. The molecule has 0 saturated heterocycles. The Labute approximate surface area is 111 Å². The molecule has 0 amide bonds. The van der Waals surface area contributed by atoms with Crippen LogP contribution in [-0.4, -0.2) is 24.1 Å². The van der Waals surface area contributed by atoms with E-state index in [0.717, 1.165) is 15.3 Å². The fraction of sp³-hybridized carbons (Fsp3) is 0.200. The first-order chi connectivity index (χ1) is 8.74. The van der Waals surface area contributed by atoms with Crippen LogP contribution in [0.15, 0.2) is 32.3 Å². The molecule has 3 aromatic rings. The molecular formula is C10H9N5OS2. The van der Waals surface area contributed by atoms with E-state index in [0.29, 0.717) is 11.6 Å². The summed E-state index contributed by atoms with van der Waals surface area (Å²) in [5, 5.41) is 9.01. The van der Waals surface area contributed by atoms with E-state index < -0.39 is 0 Å². The molecule has 6 nitrogen and oxygen atoms in total. The van der Waals surface area contributed by atoms with Crippen molar-refractivity contribution in [1.29, 1.82) is 0 Å². The predicted octanol–water partition coefficient (Wildman–Crippen LogP) is 2.39. The summed E-state index contributed by atoms with van der Waals surface area (Å²) in [6, 6.07) is 3.68. The number of rotatable bonds is 3. The van der Waals surface area contributed by atoms with Gasteiger partial charge in [0.15, 0.2) is 21.1 Å². The number of hydrogen-bond donors (Lipinski definition) is 0. The minimum absolute atomic E-state index is 0.698. The monoisotopic (exact) mass is 279 g/mol. The smallest absolute Gasteiger partial charge is 0.200 e. The molecule has 0 radical (unpaired) electrons. The van der Waals surface area contributed by atoms with E-state index in [1.807, 2.05) is 30.7 Å². The van der Waals surface area contributed by atoms with Crippen molar-refractivity contribution in [3.63, 3.8) is 0 Å². The molecule has 8 heteroatoms. The highest BCUT2D eigenvalue weighted by Gasteiger charge is 2.15. The van der Waals surface area contributed by atoms with Crippen LogP contribution in [0.2, 0.25) is 0 Å². The number of nitrogens with zero attached hydrogens (tertiary/aromatic N) is 5. The van der Waals surface area contributed by atoms with Crippen LogP contribution in [0, 0.1) is 6.92 Å². The highest BCUT2D eigenvalue weighted by atomic mass is 32.2. The molecule has 0 fully saturated rings. The maximum atomic E-state index is 5.31. The van der Waals surface area contributed by atoms with Gasteiger partial charge in [-0.15, -0.1) is 10.2 Å².